The van der Waals surface area contributed by atoms with Crippen molar-refractivity contribution in [1.82, 2.24) is 9.62 Å². The summed E-state index contributed by atoms with van der Waals surface area (Å²) >= 11 is 0. The highest BCUT2D eigenvalue weighted by Gasteiger charge is 2.40. The molecule has 1 N–H and O–H groups in total. The molecule has 1 aliphatic heterocycles. The Morgan fingerprint density at radius 1 is 1.17 bits per heavy atom. The van der Waals surface area contributed by atoms with Crippen molar-refractivity contribution in [3.05, 3.63) is 64.9 Å². The Morgan fingerprint density at radius 3 is 2.76 bits per heavy atom. The molecule has 29 heavy (non-hydrogen) atoms. The van der Waals surface area contributed by atoms with Crippen LogP contribution >= 0.6 is 0 Å². The van der Waals surface area contributed by atoms with Gasteiger partial charge in [-0.05, 0) is 73.3 Å². The Balaban J connectivity index is 1.39. The van der Waals surface area contributed by atoms with Crippen LogP contribution in [0.15, 0.2) is 58.7 Å². The Labute approximate surface area is 172 Å². The van der Waals surface area contributed by atoms with E-state index in [1.54, 1.807) is 31.3 Å². The minimum absolute atomic E-state index is 0.167. The van der Waals surface area contributed by atoms with E-state index in [0.29, 0.717) is 23.6 Å². The van der Waals surface area contributed by atoms with Crippen LogP contribution in [0.1, 0.15) is 48.0 Å². The maximum Gasteiger partial charge on any atom is 0.264 e. The Bertz CT molecular complexity index is 1070. The van der Waals surface area contributed by atoms with Crippen molar-refractivity contribution in [2.45, 2.75) is 50.0 Å². The normalized spacial score (nSPS) is 27.6. The maximum atomic E-state index is 13.3. The van der Waals surface area contributed by atoms with E-state index in [1.165, 1.54) is 23.6 Å². The molecule has 1 aromatic carbocycles. The molecule has 1 amide bonds. The second-order valence-electron chi connectivity index (χ2n) is 8.76. The summed E-state index contributed by atoms with van der Waals surface area (Å²) in [5.74, 6) is 1.16. The van der Waals surface area contributed by atoms with E-state index in [9.17, 15) is 13.2 Å². The topological polar surface area (TPSA) is 66.5 Å². The summed E-state index contributed by atoms with van der Waals surface area (Å²) in [6.45, 7) is 2.13. The summed E-state index contributed by atoms with van der Waals surface area (Å²) in [7, 11) is -3.71. The molecule has 2 fully saturated rings. The molecule has 0 radical (unpaired) electrons. The molecule has 3 unspecified atom stereocenters. The number of carbonyl (C=O) groups excluding carboxylic acids is 1. The zero-order valence-electron chi connectivity index (χ0n) is 16.6. The fourth-order valence-electron chi connectivity index (χ4n) is 5.27. The van der Waals surface area contributed by atoms with E-state index in [2.05, 4.69) is 5.32 Å². The zero-order valence-corrected chi connectivity index (χ0v) is 17.4. The lowest BCUT2D eigenvalue weighted by molar-refractivity contribution is 0.0922. The van der Waals surface area contributed by atoms with Gasteiger partial charge in [-0.2, -0.15) is 0 Å². The molecule has 5 rings (SSSR count). The van der Waals surface area contributed by atoms with Crippen molar-refractivity contribution in [2.24, 2.45) is 11.8 Å². The molecule has 5 nitrogen and oxygen atoms in total. The number of nitrogens with one attached hydrogen (secondary N) is 1. The zero-order chi connectivity index (χ0) is 20.2. The SMILES string of the molecule is Cc1ccc(C(=O)NC2CC3CCC2C3)cc1S(=O)(=O)N1C=C2CC=CC=C2C1. The number of fused-ring (bicyclic) bond motifs is 3. The first-order valence-corrected chi connectivity index (χ1v) is 11.9. The molecule has 3 atom stereocenters. The molecule has 2 saturated carbocycles. The summed E-state index contributed by atoms with van der Waals surface area (Å²) in [5.41, 5.74) is 3.15. The van der Waals surface area contributed by atoms with Crippen molar-refractivity contribution in [2.75, 3.05) is 6.54 Å². The number of amides is 1. The highest BCUT2D eigenvalue weighted by Crippen LogP contribution is 2.44. The van der Waals surface area contributed by atoms with Crippen LogP contribution in [0, 0.1) is 18.8 Å². The summed E-state index contributed by atoms with van der Waals surface area (Å²) in [4.78, 5) is 13.1. The molecule has 0 aromatic heterocycles. The number of sulfonamides is 1. The first-order chi connectivity index (χ1) is 13.9. The lowest BCUT2D eigenvalue weighted by Gasteiger charge is -2.23. The average molecular weight is 411 g/mol. The molecule has 1 heterocycles. The lowest BCUT2D eigenvalue weighted by Crippen LogP contribution is -2.38. The van der Waals surface area contributed by atoms with Gasteiger partial charge in [0.1, 0.15) is 0 Å². The molecule has 0 saturated heterocycles. The van der Waals surface area contributed by atoms with Crippen LogP contribution in [0.25, 0.3) is 0 Å². The number of benzene rings is 1. The molecule has 3 aliphatic carbocycles. The van der Waals surface area contributed by atoms with Crippen LogP contribution in [-0.2, 0) is 10.0 Å². The molecular formula is C23H26N2O3S. The van der Waals surface area contributed by atoms with Gasteiger partial charge in [0.05, 0.1) is 11.4 Å². The third-order valence-electron chi connectivity index (χ3n) is 6.90. The standard InChI is InChI=1S/C23H26N2O3S/c1-15-6-8-18(23(26)24-21-11-16-7-9-17(21)10-16)12-22(15)29(27,28)25-13-19-4-2-3-5-20(19)14-25/h2-4,6,8,12,14,16-17,21H,5,7,9-11,13H2,1H3,(H,24,26). The molecule has 1 aromatic rings. The Kier molecular flexibility index (Phi) is 4.42. The van der Waals surface area contributed by atoms with Gasteiger partial charge in [-0.3, -0.25) is 9.10 Å². The van der Waals surface area contributed by atoms with Gasteiger partial charge in [-0.25, -0.2) is 8.42 Å². The third-order valence-corrected chi connectivity index (χ3v) is 8.75. The van der Waals surface area contributed by atoms with Crippen molar-refractivity contribution in [1.29, 1.82) is 0 Å². The summed E-state index contributed by atoms with van der Waals surface area (Å²) in [6.07, 6.45) is 13.2. The van der Waals surface area contributed by atoms with Gasteiger partial charge in [0.2, 0.25) is 0 Å². The fraction of sp³-hybridized carbons (Fsp3) is 0.435. The van der Waals surface area contributed by atoms with Gasteiger partial charge in [-0.1, -0.05) is 30.7 Å². The summed E-state index contributed by atoms with van der Waals surface area (Å²) < 4.78 is 28.1. The second-order valence-corrected chi connectivity index (χ2v) is 10.6. The van der Waals surface area contributed by atoms with Crippen LogP contribution in [-0.4, -0.2) is 31.2 Å². The van der Waals surface area contributed by atoms with Gasteiger partial charge in [-0.15, -0.1) is 0 Å². The molecule has 2 bridgehead atoms. The van der Waals surface area contributed by atoms with Crippen LogP contribution < -0.4 is 5.32 Å². The number of aryl methyl sites for hydroxylation is 1. The quantitative estimate of drug-likeness (QED) is 0.823. The second kappa shape index (κ2) is 6.87. The largest absolute Gasteiger partial charge is 0.349 e. The molecular weight excluding hydrogens is 384 g/mol. The van der Waals surface area contributed by atoms with E-state index >= 15 is 0 Å². The van der Waals surface area contributed by atoms with Crippen molar-refractivity contribution < 1.29 is 13.2 Å². The van der Waals surface area contributed by atoms with Crippen LogP contribution in [0.5, 0.6) is 0 Å². The van der Waals surface area contributed by atoms with Gasteiger partial charge in [0.15, 0.2) is 0 Å². The number of allylic oxidation sites excluding steroid dienone is 3. The minimum atomic E-state index is -3.71. The predicted molar refractivity (Wildman–Crippen MR) is 112 cm³/mol. The number of rotatable bonds is 4. The third kappa shape index (κ3) is 3.23. The van der Waals surface area contributed by atoms with Gasteiger partial charge in [0.25, 0.3) is 15.9 Å². The van der Waals surface area contributed by atoms with Gasteiger partial charge < -0.3 is 5.32 Å². The molecule has 4 aliphatic rings. The maximum absolute atomic E-state index is 13.3. The average Bonchev–Trinajstić information content (AvgIpc) is 3.43. The van der Waals surface area contributed by atoms with Crippen molar-refractivity contribution in [3.8, 4) is 0 Å². The number of nitrogens with zero attached hydrogens (tertiary/aromatic N) is 1. The monoisotopic (exact) mass is 410 g/mol. The lowest BCUT2D eigenvalue weighted by atomic mass is 9.95. The van der Waals surface area contributed by atoms with Gasteiger partial charge in [0, 0.05) is 17.8 Å². The predicted octanol–water partition coefficient (Wildman–Crippen LogP) is 3.69. The van der Waals surface area contributed by atoms with E-state index in [0.717, 1.165) is 29.9 Å². The molecule has 152 valence electrons. The number of hydrogen-bond acceptors (Lipinski definition) is 3. The first kappa shape index (κ1) is 18.7. The van der Waals surface area contributed by atoms with E-state index < -0.39 is 10.0 Å². The van der Waals surface area contributed by atoms with Crippen LogP contribution in [0.2, 0.25) is 0 Å². The number of hydrogen-bond donors (Lipinski definition) is 1. The summed E-state index contributed by atoms with van der Waals surface area (Å²) in [6, 6.07) is 5.24. The van der Waals surface area contributed by atoms with Crippen LogP contribution in [0.4, 0.5) is 0 Å². The Morgan fingerprint density at radius 2 is 2.03 bits per heavy atom. The highest BCUT2D eigenvalue weighted by atomic mass is 32.2. The van der Waals surface area contributed by atoms with Crippen molar-refractivity contribution >= 4 is 15.9 Å². The Hall–Kier alpha value is -2.34. The van der Waals surface area contributed by atoms with Crippen molar-refractivity contribution in [3.63, 3.8) is 0 Å². The molecule has 6 heteroatoms. The van der Waals surface area contributed by atoms with E-state index in [-0.39, 0.29) is 16.8 Å². The minimum Gasteiger partial charge on any atom is -0.349 e. The van der Waals surface area contributed by atoms with E-state index in [4.69, 9.17) is 0 Å². The summed E-state index contributed by atoms with van der Waals surface area (Å²) in [5, 5.41) is 3.16. The highest BCUT2D eigenvalue weighted by molar-refractivity contribution is 7.89. The van der Waals surface area contributed by atoms with Crippen LogP contribution in [0.3, 0.4) is 0 Å². The fourth-order valence-corrected chi connectivity index (χ4v) is 6.85. The first-order valence-electron chi connectivity index (χ1n) is 10.4. The number of carbonyl (C=O) groups is 1. The molecule has 0 spiro atoms. The smallest absolute Gasteiger partial charge is 0.264 e. The van der Waals surface area contributed by atoms with E-state index in [1.807, 2.05) is 18.2 Å². The van der Waals surface area contributed by atoms with Gasteiger partial charge >= 0.3 is 0 Å².